The molecule has 0 aliphatic carbocycles. The fraction of sp³-hybridized carbons (Fsp3) is 0.167. The number of methoxy groups -OCH3 is 1. The first-order valence-corrected chi connectivity index (χ1v) is 8.68. The number of hydrogen-bond donors (Lipinski definition) is 2. The molecular weight excluding hydrogens is 373 g/mol. The van der Waals surface area contributed by atoms with E-state index in [-0.39, 0.29) is 0 Å². The Labute approximate surface area is 161 Å². The third-order valence-electron chi connectivity index (χ3n) is 3.57. The van der Waals surface area contributed by atoms with Crippen LogP contribution in [-0.4, -0.2) is 28.8 Å². The van der Waals surface area contributed by atoms with Gasteiger partial charge in [0.2, 0.25) is 5.95 Å². The summed E-state index contributed by atoms with van der Waals surface area (Å²) >= 11 is 12.0. The van der Waals surface area contributed by atoms with Gasteiger partial charge < -0.3 is 15.4 Å². The van der Waals surface area contributed by atoms with Crippen molar-refractivity contribution in [2.75, 3.05) is 24.3 Å². The van der Waals surface area contributed by atoms with Crippen molar-refractivity contribution in [1.29, 1.82) is 0 Å². The topological polar surface area (TPSA) is 72.0 Å². The molecule has 0 aliphatic heterocycles. The minimum atomic E-state index is 0.429. The van der Waals surface area contributed by atoms with Crippen LogP contribution >= 0.6 is 23.2 Å². The van der Waals surface area contributed by atoms with Crippen LogP contribution < -0.4 is 15.4 Å². The third-order valence-corrected chi connectivity index (χ3v) is 4.04. The van der Waals surface area contributed by atoms with Crippen molar-refractivity contribution in [2.24, 2.45) is 0 Å². The van der Waals surface area contributed by atoms with E-state index in [0.29, 0.717) is 34.8 Å². The second-order valence-electron chi connectivity index (χ2n) is 5.44. The molecule has 0 aliphatic rings. The predicted octanol–water partition coefficient (Wildman–Crippen LogP) is 4.59. The van der Waals surface area contributed by atoms with Crippen LogP contribution in [0.1, 0.15) is 5.56 Å². The number of halogens is 2. The van der Waals surface area contributed by atoms with Crippen LogP contribution in [0.3, 0.4) is 0 Å². The van der Waals surface area contributed by atoms with Crippen molar-refractivity contribution in [3.05, 3.63) is 64.3 Å². The highest BCUT2D eigenvalue weighted by Gasteiger charge is 2.07. The second kappa shape index (κ2) is 8.69. The molecule has 2 aromatic carbocycles. The van der Waals surface area contributed by atoms with Gasteiger partial charge in [0.15, 0.2) is 5.82 Å². The van der Waals surface area contributed by atoms with Gasteiger partial charge in [0.05, 0.1) is 19.0 Å². The lowest BCUT2D eigenvalue weighted by atomic mass is 10.1. The first-order valence-electron chi connectivity index (χ1n) is 7.92. The SMILES string of the molecule is COc1ccc(Cl)cc1Nc1cnnc(NCCc2cccc(Cl)c2)n1. The molecule has 6 nitrogen and oxygen atoms in total. The van der Waals surface area contributed by atoms with E-state index in [1.54, 1.807) is 25.3 Å². The third kappa shape index (κ3) is 4.97. The number of nitrogens with zero attached hydrogens (tertiary/aromatic N) is 3. The highest BCUT2D eigenvalue weighted by Crippen LogP contribution is 2.29. The van der Waals surface area contributed by atoms with E-state index in [0.717, 1.165) is 17.0 Å². The summed E-state index contributed by atoms with van der Waals surface area (Å²) in [5.41, 5.74) is 1.83. The van der Waals surface area contributed by atoms with Gasteiger partial charge in [-0.25, -0.2) is 0 Å². The van der Waals surface area contributed by atoms with Crippen LogP contribution in [0.25, 0.3) is 0 Å². The smallest absolute Gasteiger partial charge is 0.244 e. The molecule has 0 atom stereocenters. The van der Waals surface area contributed by atoms with E-state index >= 15 is 0 Å². The molecule has 134 valence electrons. The molecule has 3 aromatic rings. The van der Waals surface area contributed by atoms with Crippen LogP contribution in [0.5, 0.6) is 5.75 Å². The maximum atomic E-state index is 6.04. The Morgan fingerprint density at radius 2 is 1.92 bits per heavy atom. The maximum Gasteiger partial charge on any atom is 0.244 e. The first kappa shape index (κ1) is 18.2. The molecule has 2 N–H and O–H groups in total. The van der Waals surface area contributed by atoms with E-state index in [1.165, 1.54) is 6.20 Å². The maximum absolute atomic E-state index is 6.04. The van der Waals surface area contributed by atoms with Crippen molar-refractivity contribution in [3.8, 4) is 5.75 Å². The molecule has 0 unspecified atom stereocenters. The molecule has 26 heavy (non-hydrogen) atoms. The highest BCUT2D eigenvalue weighted by molar-refractivity contribution is 6.31. The van der Waals surface area contributed by atoms with Crippen molar-refractivity contribution in [1.82, 2.24) is 15.2 Å². The fourth-order valence-electron chi connectivity index (χ4n) is 2.37. The zero-order valence-electron chi connectivity index (χ0n) is 14.0. The van der Waals surface area contributed by atoms with Crippen LogP contribution in [0.4, 0.5) is 17.5 Å². The predicted molar refractivity (Wildman–Crippen MR) is 105 cm³/mol. The Morgan fingerprint density at radius 3 is 2.73 bits per heavy atom. The monoisotopic (exact) mass is 389 g/mol. The van der Waals surface area contributed by atoms with E-state index in [9.17, 15) is 0 Å². The number of rotatable bonds is 7. The Hall–Kier alpha value is -2.57. The summed E-state index contributed by atoms with van der Waals surface area (Å²) in [5, 5.41) is 15.6. The number of aromatic nitrogens is 3. The number of benzene rings is 2. The molecule has 0 saturated carbocycles. The van der Waals surface area contributed by atoms with Crippen molar-refractivity contribution in [2.45, 2.75) is 6.42 Å². The van der Waals surface area contributed by atoms with E-state index in [4.69, 9.17) is 27.9 Å². The molecule has 0 amide bonds. The van der Waals surface area contributed by atoms with Crippen LogP contribution in [0.15, 0.2) is 48.7 Å². The van der Waals surface area contributed by atoms with Gasteiger partial charge in [-0.1, -0.05) is 35.3 Å². The lowest BCUT2D eigenvalue weighted by Gasteiger charge is -2.11. The van der Waals surface area contributed by atoms with Gasteiger partial charge >= 0.3 is 0 Å². The minimum absolute atomic E-state index is 0.429. The van der Waals surface area contributed by atoms with E-state index in [1.807, 2.05) is 24.3 Å². The van der Waals surface area contributed by atoms with Crippen molar-refractivity contribution in [3.63, 3.8) is 0 Å². The largest absolute Gasteiger partial charge is 0.495 e. The van der Waals surface area contributed by atoms with Gasteiger partial charge in [-0.2, -0.15) is 10.1 Å². The molecule has 0 bridgehead atoms. The molecule has 8 heteroatoms. The van der Waals surface area contributed by atoms with Gasteiger partial charge in [0, 0.05) is 16.6 Å². The number of anilines is 3. The molecule has 1 heterocycles. The summed E-state index contributed by atoms with van der Waals surface area (Å²) in [6.07, 6.45) is 2.33. The summed E-state index contributed by atoms with van der Waals surface area (Å²) in [6, 6.07) is 13.0. The summed E-state index contributed by atoms with van der Waals surface area (Å²) < 4.78 is 5.31. The van der Waals surface area contributed by atoms with Crippen molar-refractivity contribution >= 4 is 40.7 Å². The quantitative estimate of drug-likeness (QED) is 0.615. The van der Waals surface area contributed by atoms with Gasteiger partial charge in [0.1, 0.15) is 5.75 Å². The zero-order valence-corrected chi connectivity index (χ0v) is 15.6. The fourth-order valence-corrected chi connectivity index (χ4v) is 2.75. The molecule has 0 fully saturated rings. The second-order valence-corrected chi connectivity index (χ2v) is 6.31. The van der Waals surface area contributed by atoms with Crippen molar-refractivity contribution < 1.29 is 4.74 Å². The molecule has 3 rings (SSSR count). The average molecular weight is 390 g/mol. The summed E-state index contributed by atoms with van der Waals surface area (Å²) in [6.45, 7) is 0.659. The molecule has 0 radical (unpaired) electrons. The molecule has 0 saturated heterocycles. The van der Waals surface area contributed by atoms with Crippen LogP contribution in [0, 0.1) is 0 Å². The van der Waals surface area contributed by atoms with Gasteiger partial charge in [-0.3, -0.25) is 0 Å². The number of nitrogens with one attached hydrogen (secondary N) is 2. The molecular formula is C18H17Cl2N5O. The number of hydrogen-bond acceptors (Lipinski definition) is 6. The highest BCUT2D eigenvalue weighted by atomic mass is 35.5. The Morgan fingerprint density at radius 1 is 1.08 bits per heavy atom. The zero-order chi connectivity index (χ0) is 18.4. The number of ether oxygens (including phenoxy) is 1. The standard InChI is InChI=1S/C18H17Cl2N5O/c1-26-16-6-5-14(20)10-15(16)23-17-11-22-25-18(24-17)21-8-7-12-3-2-4-13(19)9-12/h2-6,9-11H,7-8H2,1H3,(H2,21,23,24,25). The summed E-state index contributed by atoms with van der Waals surface area (Å²) in [5.74, 6) is 1.62. The van der Waals surface area contributed by atoms with E-state index in [2.05, 4.69) is 25.8 Å². The lowest BCUT2D eigenvalue weighted by molar-refractivity contribution is 0.417. The average Bonchev–Trinajstić information content (AvgIpc) is 2.62. The Balaban J connectivity index is 1.64. The Bertz CT molecular complexity index is 891. The van der Waals surface area contributed by atoms with Gasteiger partial charge in [-0.15, -0.1) is 5.10 Å². The van der Waals surface area contributed by atoms with Crippen LogP contribution in [-0.2, 0) is 6.42 Å². The van der Waals surface area contributed by atoms with E-state index < -0.39 is 0 Å². The normalized spacial score (nSPS) is 10.4. The van der Waals surface area contributed by atoms with Crippen LogP contribution in [0.2, 0.25) is 10.0 Å². The Kier molecular flexibility index (Phi) is 6.09. The first-order chi connectivity index (χ1) is 12.6. The van der Waals surface area contributed by atoms with Gasteiger partial charge in [0.25, 0.3) is 0 Å². The molecule has 1 aromatic heterocycles. The molecule has 0 spiro atoms. The van der Waals surface area contributed by atoms with Gasteiger partial charge in [-0.05, 0) is 42.3 Å². The lowest BCUT2D eigenvalue weighted by Crippen LogP contribution is -2.09. The summed E-state index contributed by atoms with van der Waals surface area (Å²) in [7, 11) is 1.59. The summed E-state index contributed by atoms with van der Waals surface area (Å²) in [4.78, 5) is 4.40. The minimum Gasteiger partial charge on any atom is -0.495 e.